The molecule has 1 heterocycles. The van der Waals surface area contributed by atoms with Crippen molar-refractivity contribution in [2.45, 2.75) is 32.7 Å². The van der Waals surface area contributed by atoms with Crippen LogP contribution in [0.15, 0.2) is 18.2 Å². The highest BCUT2D eigenvalue weighted by Gasteiger charge is 2.27. The van der Waals surface area contributed by atoms with Crippen LogP contribution in [0.3, 0.4) is 0 Å². The number of nitrogens with zero attached hydrogens (tertiary/aromatic N) is 1. The number of aliphatic hydroxyl groups is 1. The minimum Gasteiger partial charge on any atom is -0.491 e. The number of amides is 2. The van der Waals surface area contributed by atoms with Gasteiger partial charge in [0.2, 0.25) is 0 Å². The Labute approximate surface area is 125 Å². The van der Waals surface area contributed by atoms with E-state index in [2.05, 4.69) is 18.3 Å². The van der Waals surface area contributed by atoms with Gasteiger partial charge in [0.05, 0.1) is 12.6 Å². The zero-order valence-corrected chi connectivity index (χ0v) is 12.8. The number of hydrogen-bond donors (Lipinski definition) is 2. The normalized spacial score (nSPS) is 16.2. The van der Waals surface area contributed by atoms with E-state index >= 15 is 0 Å². The summed E-state index contributed by atoms with van der Waals surface area (Å²) in [6.07, 6.45) is 1.95. The summed E-state index contributed by atoms with van der Waals surface area (Å²) in [7, 11) is 0. The first-order valence-corrected chi connectivity index (χ1v) is 7.55. The molecular weight excluding hydrogens is 268 g/mol. The van der Waals surface area contributed by atoms with Crippen LogP contribution in [0.4, 0.5) is 4.79 Å². The van der Waals surface area contributed by atoms with E-state index in [0.29, 0.717) is 19.7 Å². The molecule has 1 aliphatic rings. The largest absolute Gasteiger partial charge is 0.491 e. The van der Waals surface area contributed by atoms with Gasteiger partial charge < -0.3 is 20.1 Å². The molecule has 0 bridgehead atoms. The SMILES string of the molecule is CCCCN(CCO)C(=O)NC1COc2ccc(C)cc21. The highest BCUT2D eigenvalue weighted by Crippen LogP contribution is 2.32. The minimum atomic E-state index is -0.138. The molecule has 5 heteroatoms. The lowest BCUT2D eigenvalue weighted by molar-refractivity contribution is 0.171. The average molecular weight is 292 g/mol. The van der Waals surface area contributed by atoms with Crippen LogP contribution in [-0.2, 0) is 0 Å². The fourth-order valence-electron chi connectivity index (χ4n) is 2.48. The third kappa shape index (κ3) is 3.88. The van der Waals surface area contributed by atoms with Crippen molar-refractivity contribution in [3.8, 4) is 5.75 Å². The first-order valence-electron chi connectivity index (χ1n) is 7.55. The molecule has 116 valence electrons. The summed E-state index contributed by atoms with van der Waals surface area (Å²) in [5.74, 6) is 0.841. The average Bonchev–Trinajstić information content (AvgIpc) is 2.85. The smallest absolute Gasteiger partial charge is 0.318 e. The van der Waals surface area contributed by atoms with Crippen molar-refractivity contribution in [1.82, 2.24) is 10.2 Å². The van der Waals surface area contributed by atoms with E-state index < -0.39 is 0 Å². The lowest BCUT2D eigenvalue weighted by atomic mass is 10.1. The number of carbonyl (C=O) groups excluding carboxylic acids is 1. The van der Waals surface area contributed by atoms with Crippen molar-refractivity contribution in [1.29, 1.82) is 0 Å². The summed E-state index contributed by atoms with van der Waals surface area (Å²) in [5, 5.41) is 12.1. The zero-order chi connectivity index (χ0) is 15.2. The van der Waals surface area contributed by atoms with E-state index in [9.17, 15) is 4.79 Å². The van der Waals surface area contributed by atoms with E-state index in [0.717, 1.165) is 29.7 Å². The molecule has 0 saturated heterocycles. The predicted octanol–water partition coefficient (Wildman–Crippen LogP) is 2.23. The molecule has 2 rings (SSSR count). The molecule has 1 aromatic rings. The maximum atomic E-state index is 12.3. The molecule has 1 aliphatic heterocycles. The van der Waals surface area contributed by atoms with Crippen molar-refractivity contribution in [2.24, 2.45) is 0 Å². The van der Waals surface area contributed by atoms with Crippen LogP contribution in [0.25, 0.3) is 0 Å². The van der Waals surface area contributed by atoms with E-state index in [1.807, 2.05) is 19.1 Å². The van der Waals surface area contributed by atoms with Crippen LogP contribution >= 0.6 is 0 Å². The maximum absolute atomic E-state index is 12.3. The molecule has 0 spiro atoms. The highest BCUT2D eigenvalue weighted by atomic mass is 16.5. The second-order valence-corrected chi connectivity index (χ2v) is 5.42. The Hall–Kier alpha value is -1.75. The number of fused-ring (bicyclic) bond motifs is 1. The molecule has 5 nitrogen and oxygen atoms in total. The Bertz CT molecular complexity index is 490. The quantitative estimate of drug-likeness (QED) is 0.845. The van der Waals surface area contributed by atoms with Crippen LogP contribution in [0, 0.1) is 6.92 Å². The lowest BCUT2D eigenvalue weighted by Gasteiger charge is -2.24. The first kappa shape index (κ1) is 15.6. The molecular formula is C16H24N2O3. The Kier molecular flexibility index (Phi) is 5.44. The number of rotatable bonds is 6. The molecule has 1 atom stereocenters. The van der Waals surface area contributed by atoms with Gasteiger partial charge in [0.15, 0.2) is 0 Å². The molecule has 1 unspecified atom stereocenters. The standard InChI is InChI=1S/C16H24N2O3/c1-3-4-7-18(8-9-19)16(20)17-14-11-21-15-6-5-12(2)10-13(14)15/h5-6,10,14,19H,3-4,7-9,11H2,1-2H3,(H,17,20). The monoisotopic (exact) mass is 292 g/mol. The van der Waals surface area contributed by atoms with Crippen LogP contribution in [-0.4, -0.2) is 42.3 Å². The maximum Gasteiger partial charge on any atom is 0.318 e. The molecule has 21 heavy (non-hydrogen) atoms. The van der Waals surface area contributed by atoms with Gasteiger partial charge in [-0.1, -0.05) is 31.0 Å². The summed E-state index contributed by atoms with van der Waals surface area (Å²) in [6.45, 7) is 5.58. The van der Waals surface area contributed by atoms with Crippen LogP contribution in [0.5, 0.6) is 5.75 Å². The molecule has 0 aliphatic carbocycles. The van der Waals surface area contributed by atoms with Crippen molar-refractivity contribution in [3.63, 3.8) is 0 Å². The van der Waals surface area contributed by atoms with Gasteiger partial charge in [-0.3, -0.25) is 0 Å². The van der Waals surface area contributed by atoms with Gasteiger partial charge in [-0.25, -0.2) is 4.79 Å². The van der Waals surface area contributed by atoms with Crippen LogP contribution in [0.2, 0.25) is 0 Å². The number of hydrogen-bond acceptors (Lipinski definition) is 3. The van der Waals surface area contributed by atoms with Gasteiger partial charge in [-0.2, -0.15) is 0 Å². The second-order valence-electron chi connectivity index (χ2n) is 5.42. The van der Waals surface area contributed by atoms with Crippen molar-refractivity contribution in [3.05, 3.63) is 29.3 Å². The van der Waals surface area contributed by atoms with Gasteiger partial charge in [0, 0.05) is 18.7 Å². The summed E-state index contributed by atoms with van der Waals surface area (Å²) in [4.78, 5) is 14.0. The van der Waals surface area contributed by atoms with E-state index in [1.54, 1.807) is 4.90 Å². The molecule has 0 radical (unpaired) electrons. The summed E-state index contributed by atoms with van der Waals surface area (Å²) in [6, 6.07) is 5.74. The predicted molar refractivity (Wildman–Crippen MR) is 81.5 cm³/mol. The Morgan fingerprint density at radius 2 is 2.29 bits per heavy atom. The van der Waals surface area contributed by atoms with Gasteiger partial charge >= 0.3 is 6.03 Å². The summed E-state index contributed by atoms with van der Waals surface area (Å²) >= 11 is 0. The van der Waals surface area contributed by atoms with E-state index in [-0.39, 0.29) is 18.7 Å². The van der Waals surface area contributed by atoms with E-state index in [1.165, 1.54) is 0 Å². The third-order valence-electron chi connectivity index (χ3n) is 3.68. The van der Waals surface area contributed by atoms with Gasteiger partial charge in [-0.05, 0) is 19.4 Å². The molecule has 0 fully saturated rings. The van der Waals surface area contributed by atoms with Crippen molar-refractivity contribution < 1.29 is 14.6 Å². The molecule has 2 N–H and O–H groups in total. The topological polar surface area (TPSA) is 61.8 Å². The number of aryl methyl sites for hydroxylation is 1. The van der Waals surface area contributed by atoms with Gasteiger partial charge in [0.25, 0.3) is 0 Å². The Morgan fingerprint density at radius 1 is 1.48 bits per heavy atom. The Morgan fingerprint density at radius 3 is 3.00 bits per heavy atom. The number of carbonyl (C=O) groups is 1. The molecule has 1 aromatic carbocycles. The molecule has 0 aromatic heterocycles. The zero-order valence-electron chi connectivity index (χ0n) is 12.8. The van der Waals surface area contributed by atoms with E-state index in [4.69, 9.17) is 9.84 Å². The number of ether oxygens (including phenoxy) is 1. The summed E-state index contributed by atoms with van der Waals surface area (Å²) in [5.41, 5.74) is 2.18. The number of benzene rings is 1. The van der Waals surface area contributed by atoms with Crippen molar-refractivity contribution >= 4 is 6.03 Å². The van der Waals surface area contributed by atoms with Crippen LogP contribution < -0.4 is 10.1 Å². The molecule has 0 saturated carbocycles. The minimum absolute atomic E-state index is 0.0198. The highest BCUT2D eigenvalue weighted by molar-refractivity contribution is 5.75. The number of nitrogens with one attached hydrogen (secondary N) is 1. The third-order valence-corrected chi connectivity index (χ3v) is 3.68. The second kappa shape index (κ2) is 7.31. The number of aliphatic hydroxyl groups excluding tert-OH is 1. The fraction of sp³-hybridized carbons (Fsp3) is 0.562. The van der Waals surface area contributed by atoms with Gasteiger partial charge in [-0.15, -0.1) is 0 Å². The Balaban J connectivity index is 2.01. The number of urea groups is 1. The molecule has 2 amide bonds. The summed E-state index contributed by atoms with van der Waals surface area (Å²) < 4.78 is 5.61. The first-order chi connectivity index (χ1) is 10.2. The van der Waals surface area contributed by atoms with Crippen LogP contribution in [0.1, 0.15) is 36.9 Å². The van der Waals surface area contributed by atoms with Crippen molar-refractivity contribution in [2.75, 3.05) is 26.3 Å². The lowest BCUT2D eigenvalue weighted by Crippen LogP contribution is -2.43. The number of unbranched alkanes of at least 4 members (excludes halogenated alkanes) is 1. The van der Waals surface area contributed by atoms with Gasteiger partial charge in [0.1, 0.15) is 12.4 Å². The fourth-order valence-corrected chi connectivity index (χ4v) is 2.48.